The fourth-order valence-corrected chi connectivity index (χ4v) is 3.90. The van der Waals surface area contributed by atoms with Gasteiger partial charge in [0.25, 0.3) is 0 Å². The summed E-state index contributed by atoms with van der Waals surface area (Å²) in [5.74, 6) is -1.02. The van der Waals surface area contributed by atoms with E-state index in [-0.39, 0.29) is 23.3 Å². The number of hydrogen-bond acceptors (Lipinski definition) is 5. The Kier molecular flexibility index (Phi) is 6.50. The molecule has 0 saturated carbocycles. The first-order valence-corrected chi connectivity index (χ1v) is 11.4. The molecule has 0 aliphatic rings. The summed E-state index contributed by atoms with van der Waals surface area (Å²) in [6.07, 6.45) is -1.46. The zero-order chi connectivity index (χ0) is 26.9. The third-order valence-corrected chi connectivity index (χ3v) is 5.85. The Morgan fingerprint density at radius 2 is 1.63 bits per heavy atom. The molecule has 0 unspecified atom stereocenters. The second kappa shape index (κ2) is 9.92. The minimum Gasteiger partial charge on any atom is -0.481 e. The van der Waals surface area contributed by atoms with Crippen molar-refractivity contribution in [1.29, 1.82) is 0 Å². The van der Waals surface area contributed by atoms with Crippen molar-refractivity contribution in [1.82, 2.24) is 19.9 Å². The number of carboxylic acids is 1. The zero-order valence-corrected chi connectivity index (χ0v) is 19.6. The van der Waals surface area contributed by atoms with Crippen LogP contribution >= 0.6 is 0 Å². The number of aliphatic carboxylic acids is 1. The fourth-order valence-electron chi connectivity index (χ4n) is 3.90. The number of benzene rings is 3. The minimum atomic E-state index is -4.50. The third kappa shape index (κ3) is 5.46. The molecule has 5 rings (SSSR count). The van der Waals surface area contributed by atoms with Gasteiger partial charge >= 0.3 is 12.1 Å². The summed E-state index contributed by atoms with van der Waals surface area (Å²) in [4.78, 5) is 26.3. The first-order valence-electron chi connectivity index (χ1n) is 11.4. The molecule has 38 heavy (non-hydrogen) atoms. The number of imidazole rings is 1. The number of aromatic nitrogens is 4. The number of halogens is 4. The number of nitrogens with zero attached hydrogens (tertiary/aromatic N) is 3. The quantitative estimate of drug-likeness (QED) is 0.224. The number of nitrogens with one attached hydrogen (secondary N) is 2. The molecule has 0 saturated heterocycles. The molecule has 3 aromatic carbocycles. The first-order chi connectivity index (χ1) is 18.2. The molecule has 0 radical (unpaired) electrons. The van der Waals surface area contributed by atoms with Gasteiger partial charge in [-0.1, -0.05) is 30.3 Å². The van der Waals surface area contributed by atoms with E-state index >= 15 is 0 Å². The van der Waals surface area contributed by atoms with Gasteiger partial charge in [0.1, 0.15) is 11.6 Å². The van der Waals surface area contributed by atoms with Crippen molar-refractivity contribution in [3.8, 4) is 22.5 Å². The predicted molar refractivity (Wildman–Crippen MR) is 133 cm³/mol. The van der Waals surface area contributed by atoms with E-state index < -0.39 is 23.5 Å². The van der Waals surface area contributed by atoms with Crippen LogP contribution in [0.3, 0.4) is 0 Å². The maximum atomic E-state index is 15.0. The van der Waals surface area contributed by atoms with Gasteiger partial charge in [-0.2, -0.15) is 13.2 Å². The molecule has 7 nitrogen and oxygen atoms in total. The van der Waals surface area contributed by atoms with Gasteiger partial charge in [0.2, 0.25) is 5.95 Å². The number of aromatic amines is 1. The normalized spacial score (nSPS) is 11.6. The maximum Gasteiger partial charge on any atom is 0.416 e. The summed E-state index contributed by atoms with van der Waals surface area (Å²) in [5.41, 5.74) is 2.45. The van der Waals surface area contributed by atoms with Crippen molar-refractivity contribution in [3.63, 3.8) is 0 Å². The lowest BCUT2D eigenvalue weighted by atomic mass is 10.1. The van der Waals surface area contributed by atoms with Crippen LogP contribution in [-0.4, -0.2) is 31.0 Å². The highest BCUT2D eigenvalue weighted by Crippen LogP contribution is 2.32. The Bertz CT molecular complexity index is 1610. The number of carbonyl (C=O) groups is 1. The van der Waals surface area contributed by atoms with E-state index in [1.165, 1.54) is 18.2 Å². The second-order valence-corrected chi connectivity index (χ2v) is 8.55. The summed E-state index contributed by atoms with van der Waals surface area (Å²) < 4.78 is 53.9. The Morgan fingerprint density at radius 3 is 2.29 bits per heavy atom. The highest BCUT2D eigenvalue weighted by molar-refractivity contribution is 5.81. The first kappa shape index (κ1) is 24.9. The number of hydrogen-bond donors (Lipinski definition) is 3. The van der Waals surface area contributed by atoms with Crippen molar-refractivity contribution in [2.75, 3.05) is 5.32 Å². The van der Waals surface area contributed by atoms with Crippen LogP contribution in [0.25, 0.3) is 33.5 Å². The molecule has 0 aliphatic carbocycles. The van der Waals surface area contributed by atoms with Gasteiger partial charge < -0.3 is 15.4 Å². The van der Waals surface area contributed by atoms with Gasteiger partial charge in [0, 0.05) is 24.5 Å². The van der Waals surface area contributed by atoms with E-state index in [1.807, 2.05) is 12.1 Å². The molecule has 0 atom stereocenters. The minimum absolute atomic E-state index is 0.0407. The molecular formula is C27H19F4N5O2. The van der Waals surface area contributed by atoms with Gasteiger partial charge in [-0.3, -0.25) is 4.79 Å². The van der Waals surface area contributed by atoms with E-state index in [9.17, 15) is 22.4 Å². The summed E-state index contributed by atoms with van der Waals surface area (Å²) >= 11 is 0. The van der Waals surface area contributed by atoms with Crippen molar-refractivity contribution in [2.24, 2.45) is 0 Å². The number of anilines is 1. The lowest BCUT2D eigenvalue weighted by Gasteiger charge is -2.08. The molecule has 2 aromatic heterocycles. The van der Waals surface area contributed by atoms with Crippen LogP contribution in [0.5, 0.6) is 0 Å². The average Bonchev–Trinajstić information content (AvgIpc) is 3.31. The van der Waals surface area contributed by atoms with Gasteiger partial charge in [0.05, 0.1) is 28.6 Å². The molecular weight excluding hydrogens is 502 g/mol. The molecule has 0 amide bonds. The summed E-state index contributed by atoms with van der Waals surface area (Å²) in [7, 11) is 0. The van der Waals surface area contributed by atoms with Crippen LogP contribution in [0, 0.1) is 5.82 Å². The van der Waals surface area contributed by atoms with Crippen LogP contribution in [0.15, 0.2) is 73.1 Å². The largest absolute Gasteiger partial charge is 0.481 e. The molecule has 192 valence electrons. The number of fused-ring (bicyclic) bond motifs is 1. The van der Waals surface area contributed by atoms with Gasteiger partial charge in [0.15, 0.2) is 0 Å². The molecule has 0 fully saturated rings. The van der Waals surface area contributed by atoms with E-state index in [4.69, 9.17) is 5.11 Å². The van der Waals surface area contributed by atoms with Crippen LogP contribution in [-0.2, 0) is 23.9 Å². The van der Waals surface area contributed by atoms with Crippen molar-refractivity contribution in [2.45, 2.75) is 19.1 Å². The molecule has 11 heteroatoms. The summed E-state index contributed by atoms with van der Waals surface area (Å²) in [6, 6.07) is 14.7. The molecule has 0 bridgehead atoms. The maximum absolute atomic E-state index is 15.0. The SMILES string of the molecule is O=C(O)Cc1ccc(CNc2ncc(-c3ccc(-c4nc5cc(C(F)(F)F)ccc5[nH]4)c(F)c3)cn2)cc1. The van der Waals surface area contributed by atoms with Crippen LogP contribution in [0.4, 0.5) is 23.5 Å². The Labute approximate surface area is 213 Å². The smallest absolute Gasteiger partial charge is 0.416 e. The monoisotopic (exact) mass is 521 g/mol. The fraction of sp³-hybridized carbons (Fsp3) is 0.111. The molecule has 3 N–H and O–H groups in total. The Balaban J connectivity index is 1.28. The van der Waals surface area contributed by atoms with Crippen molar-refractivity contribution >= 4 is 23.0 Å². The Hall–Kier alpha value is -4.80. The number of carboxylic acid groups (broad SMARTS) is 1. The van der Waals surface area contributed by atoms with Gasteiger partial charge in [-0.25, -0.2) is 19.3 Å². The number of H-pyrrole nitrogens is 1. The van der Waals surface area contributed by atoms with Crippen LogP contribution in [0.2, 0.25) is 0 Å². The van der Waals surface area contributed by atoms with Gasteiger partial charge in [-0.15, -0.1) is 0 Å². The second-order valence-electron chi connectivity index (χ2n) is 8.55. The van der Waals surface area contributed by atoms with E-state index in [1.54, 1.807) is 30.6 Å². The Morgan fingerprint density at radius 1 is 0.921 bits per heavy atom. The zero-order valence-electron chi connectivity index (χ0n) is 19.6. The topological polar surface area (TPSA) is 104 Å². The molecule has 5 aromatic rings. The molecule has 0 spiro atoms. The van der Waals surface area contributed by atoms with E-state index in [0.717, 1.165) is 17.7 Å². The van der Waals surface area contributed by atoms with Gasteiger partial charge in [-0.05, 0) is 47.0 Å². The highest BCUT2D eigenvalue weighted by atomic mass is 19.4. The number of alkyl halides is 3. The number of rotatable bonds is 7. The summed E-state index contributed by atoms with van der Waals surface area (Å²) in [6.45, 7) is 0.429. The van der Waals surface area contributed by atoms with E-state index in [2.05, 4.69) is 25.3 Å². The van der Waals surface area contributed by atoms with Crippen LogP contribution < -0.4 is 5.32 Å². The lowest BCUT2D eigenvalue weighted by molar-refractivity contribution is -0.138. The summed E-state index contributed by atoms with van der Waals surface area (Å²) in [5, 5.41) is 11.9. The highest BCUT2D eigenvalue weighted by Gasteiger charge is 2.30. The standard InChI is InChI=1S/C27H19F4N5O2/c28-21-10-17(5-7-20(21)25-35-22-8-6-19(27(29,30)31)11-23(22)36-25)18-13-33-26(34-14-18)32-12-16-3-1-15(2-4-16)9-24(37)38/h1-8,10-11,13-14H,9,12H2,(H,35,36)(H,37,38)(H,32,33,34). The third-order valence-electron chi connectivity index (χ3n) is 5.85. The molecule has 2 heterocycles. The molecule has 0 aliphatic heterocycles. The van der Waals surface area contributed by atoms with Crippen molar-refractivity contribution in [3.05, 3.63) is 95.6 Å². The van der Waals surface area contributed by atoms with Crippen molar-refractivity contribution < 1.29 is 27.5 Å². The predicted octanol–water partition coefficient (Wildman–Crippen LogP) is 6.08. The lowest BCUT2D eigenvalue weighted by Crippen LogP contribution is -2.04. The van der Waals surface area contributed by atoms with E-state index in [0.29, 0.717) is 34.7 Å². The van der Waals surface area contributed by atoms with Crippen LogP contribution in [0.1, 0.15) is 16.7 Å². The average molecular weight is 521 g/mol.